The number of primary amides is 1. The number of amides is 2. The van der Waals surface area contributed by atoms with Crippen LogP contribution in [0.25, 0.3) is 0 Å². The van der Waals surface area contributed by atoms with Crippen molar-refractivity contribution in [2.45, 2.75) is 24.3 Å². The van der Waals surface area contributed by atoms with Crippen molar-refractivity contribution >= 4 is 21.8 Å². The largest absolute Gasteiger partial charge is 0.379 e. The monoisotopic (exact) mass is 424 g/mol. The smallest absolute Gasteiger partial charge is 0.243 e. The molecule has 1 atom stereocenters. The molecule has 2 amide bonds. The van der Waals surface area contributed by atoms with Gasteiger partial charge in [0.15, 0.2) is 0 Å². The third-order valence-corrected chi connectivity index (χ3v) is 7.21. The number of piperidine rings is 1. The molecule has 29 heavy (non-hydrogen) atoms. The molecule has 0 aliphatic carbocycles. The van der Waals surface area contributed by atoms with Crippen molar-refractivity contribution < 1.29 is 22.7 Å². The molecule has 2 saturated heterocycles. The molecular formula is C19H28N4O5S. The van der Waals surface area contributed by atoms with Crippen LogP contribution in [0.5, 0.6) is 0 Å². The third-order valence-electron chi connectivity index (χ3n) is 5.30. The molecule has 1 aromatic carbocycles. The summed E-state index contributed by atoms with van der Waals surface area (Å²) in [5, 5.41) is 2.84. The SMILES string of the molecule is NC(=O)[C@H]1CCCN(CC(=O)NCc2ccc(S(=O)(=O)N3CCOCC3)cc2)C1. The summed E-state index contributed by atoms with van der Waals surface area (Å²) in [6.45, 7) is 3.32. The number of carbonyl (C=O) groups is 2. The van der Waals surface area contributed by atoms with E-state index >= 15 is 0 Å². The van der Waals surface area contributed by atoms with Gasteiger partial charge in [0.05, 0.1) is 30.6 Å². The van der Waals surface area contributed by atoms with Crippen molar-refractivity contribution in [1.29, 1.82) is 0 Å². The van der Waals surface area contributed by atoms with E-state index in [1.165, 1.54) is 4.31 Å². The molecule has 2 aliphatic heterocycles. The normalized spacial score (nSPS) is 21.6. The van der Waals surface area contributed by atoms with E-state index in [-0.39, 0.29) is 29.2 Å². The predicted octanol–water partition coefficient (Wildman–Crippen LogP) is -0.479. The Balaban J connectivity index is 1.49. The van der Waals surface area contributed by atoms with Gasteiger partial charge in [-0.15, -0.1) is 0 Å². The fourth-order valence-corrected chi connectivity index (χ4v) is 5.01. The summed E-state index contributed by atoms with van der Waals surface area (Å²) >= 11 is 0. The van der Waals surface area contributed by atoms with Gasteiger partial charge >= 0.3 is 0 Å². The van der Waals surface area contributed by atoms with E-state index in [2.05, 4.69) is 5.32 Å². The summed E-state index contributed by atoms with van der Waals surface area (Å²) in [6, 6.07) is 6.54. The van der Waals surface area contributed by atoms with Gasteiger partial charge in [0.1, 0.15) is 0 Å². The molecule has 0 bridgehead atoms. The van der Waals surface area contributed by atoms with Gasteiger partial charge in [0.2, 0.25) is 21.8 Å². The van der Waals surface area contributed by atoms with E-state index < -0.39 is 10.0 Å². The Morgan fingerprint density at radius 3 is 2.48 bits per heavy atom. The third kappa shape index (κ3) is 5.75. The van der Waals surface area contributed by atoms with E-state index in [0.29, 0.717) is 39.4 Å². The first-order valence-corrected chi connectivity index (χ1v) is 11.3. The molecule has 0 radical (unpaired) electrons. The van der Waals surface area contributed by atoms with E-state index in [9.17, 15) is 18.0 Å². The molecule has 2 fully saturated rings. The number of likely N-dealkylation sites (tertiary alicyclic amines) is 1. The van der Waals surface area contributed by atoms with Crippen molar-refractivity contribution in [1.82, 2.24) is 14.5 Å². The Hall–Kier alpha value is -2.01. The lowest BCUT2D eigenvalue weighted by Crippen LogP contribution is -2.45. The predicted molar refractivity (Wildman–Crippen MR) is 106 cm³/mol. The highest BCUT2D eigenvalue weighted by molar-refractivity contribution is 7.89. The summed E-state index contributed by atoms with van der Waals surface area (Å²) in [5.74, 6) is -0.653. The summed E-state index contributed by atoms with van der Waals surface area (Å²) in [5.41, 5.74) is 6.18. The lowest BCUT2D eigenvalue weighted by atomic mass is 9.97. The lowest BCUT2D eigenvalue weighted by molar-refractivity contribution is -0.126. The number of ether oxygens (including phenoxy) is 1. The number of hydrogen-bond acceptors (Lipinski definition) is 6. The Kier molecular flexibility index (Phi) is 7.23. The number of hydrogen-bond donors (Lipinski definition) is 2. The molecule has 2 aliphatic rings. The fraction of sp³-hybridized carbons (Fsp3) is 0.579. The molecule has 3 rings (SSSR count). The van der Waals surface area contributed by atoms with Crippen LogP contribution in [0.3, 0.4) is 0 Å². The number of sulfonamides is 1. The number of nitrogens with two attached hydrogens (primary N) is 1. The van der Waals surface area contributed by atoms with Crippen LogP contribution >= 0.6 is 0 Å². The van der Waals surface area contributed by atoms with Crippen LogP contribution in [0.2, 0.25) is 0 Å². The van der Waals surface area contributed by atoms with Crippen LogP contribution in [0.15, 0.2) is 29.2 Å². The molecule has 10 heteroatoms. The molecule has 0 spiro atoms. The van der Waals surface area contributed by atoms with Crippen LogP contribution in [-0.4, -0.2) is 75.4 Å². The Labute approximate surface area is 171 Å². The second-order valence-corrected chi connectivity index (χ2v) is 9.35. The zero-order valence-corrected chi connectivity index (χ0v) is 17.2. The minimum Gasteiger partial charge on any atom is -0.379 e. The molecule has 9 nitrogen and oxygen atoms in total. The van der Waals surface area contributed by atoms with Gasteiger partial charge in [-0.25, -0.2) is 8.42 Å². The molecular weight excluding hydrogens is 396 g/mol. The Morgan fingerprint density at radius 1 is 1.14 bits per heavy atom. The summed E-state index contributed by atoms with van der Waals surface area (Å²) in [7, 11) is -3.52. The van der Waals surface area contributed by atoms with Gasteiger partial charge < -0.3 is 15.8 Å². The van der Waals surface area contributed by atoms with Crippen molar-refractivity contribution in [2.24, 2.45) is 11.7 Å². The molecule has 0 saturated carbocycles. The quantitative estimate of drug-likeness (QED) is 0.610. The summed E-state index contributed by atoms with van der Waals surface area (Å²) in [6.07, 6.45) is 1.62. The first-order chi connectivity index (χ1) is 13.9. The standard InChI is InChI=1S/C19H28N4O5S/c20-19(25)16-2-1-7-22(13-16)14-18(24)21-12-15-3-5-17(6-4-15)29(26,27)23-8-10-28-11-9-23/h3-6,16H,1-2,7-14H2,(H2,20,25)(H,21,24)/t16-/m0/s1. The number of nitrogens with one attached hydrogen (secondary N) is 1. The minimum atomic E-state index is -3.52. The topological polar surface area (TPSA) is 122 Å². The van der Waals surface area contributed by atoms with Gasteiger partial charge in [0.25, 0.3) is 0 Å². The molecule has 0 unspecified atom stereocenters. The number of nitrogens with zero attached hydrogens (tertiary/aromatic N) is 2. The van der Waals surface area contributed by atoms with Crippen LogP contribution in [0, 0.1) is 5.92 Å². The zero-order valence-electron chi connectivity index (χ0n) is 16.4. The summed E-state index contributed by atoms with van der Waals surface area (Å²) in [4.78, 5) is 25.7. The van der Waals surface area contributed by atoms with E-state index in [0.717, 1.165) is 24.9 Å². The van der Waals surface area contributed by atoms with Gasteiger partial charge in [-0.1, -0.05) is 12.1 Å². The maximum atomic E-state index is 12.6. The number of rotatable bonds is 7. The van der Waals surface area contributed by atoms with Crippen molar-refractivity contribution in [3.63, 3.8) is 0 Å². The van der Waals surface area contributed by atoms with Crippen molar-refractivity contribution in [3.8, 4) is 0 Å². The number of morpholine rings is 1. The van der Waals surface area contributed by atoms with Gasteiger partial charge in [0, 0.05) is 26.2 Å². The summed E-state index contributed by atoms with van der Waals surface area (Å²) < 4.78 is 31.9. The highest BCUT2D eigenvalue weighted by Gasteiger charge is 2.26. The van der Waals surface area contributed by atoms with Crippen LogP contribution < -0.4 is 11.1 Å². The van der Waals surface area contributed by atoms with E-state index in [4.69, 9.17) is 10.5 Å². The first-order valence-electron chi connectivity index (χ1n) is 9.81. The maximum absolute atomic E-state index is 12.6. The lowest BCUT2D eigenvalue weighted by Gasteiger charge is -2.30. The van der Waals surface area contributed by atoms with Gasteiger partial charge in [-0.05, 0) is 37.1 Å². The molecule has 1 aromatic rings. The van der Waals surface area contributed by atoms with Crippen LogP contribution in [0.1, 0.15) is 18.4 Å². The fourth-order valence-electron chi connectivity index (χ4n) is 3.61. The highest BCUT2D eigenvalue weighted by atomic mass is 32.2. The molecule has 2 heterocycles. The zero-order chi connectivity index (χ0) is 20.9. The Morgan fingerprint density at radius 2 is 1.83 bits per heavy atom. The van der Waals surface area contributed by atoms with Gasteiger partial charge in [-0.2, -0.15) is 4.31 Å². The van der Waals surface area contributed by atoms with E-state index in [1.54, 1.807) is 24.3 Å². The van der Waals surface area contributed by atoms with Gasteiger partial charge in [-0.3, -0.25) is 14.5 Å². The average Bonchev–Trinajstić information content (AvgIpc) is 2.73. The molecule has 160 valence electrons. The number of carbonyl (C=O) groups excluding carboxylic acids is 2. The second kappa shape index (κ2) is 9.66. The maximum Gasteiger partial charge on any atom is 0.243 e. The van der Waals surface area contributed by atoms with Crippen LogP contribution in [-0.2, 0) is 30.9 Å². The average molecular weight is 425 g/mol. The Bertz CT molecular complexity index is 822. The first kappa shape index (κ1) is 21.7. The highest BCUT2D eigenvalue weighted by Crippen LogP contribution is 2.18. The van der Waals surface area contributed by atoms with E-state index in [1.807, 2.05) is 4.90 Å². The molecule has 0 aromatic heterocycles. The van der Waals surface area contributed by atoms with Crippen molar-refractivity contribution in [3.05, 3.63) is 29.8 Å². The minimum absolute atomic E-state index is 0.139. The number of benzene rings is 1. The van der Waals surface area contributed by atoms with Crippen LogP contribution in [0.4, 0.5) is 0 Å². The van der Waals surface area contributed by atoms with Crippen molar-refractivity contribution in [2.75, 3.05) is 45.9 Å². The molecule has 3 N–H and O–H groups in total. The second-order valence-electron chi connectivity index (χ2n) is 7.41.